The number of fused-ring (bicyclic) bond motifs is 1. The lowest BCUT2D eigenvalue weighted by atomic mass is 9.91. The Morgan fingerprint density at radius 1 is 1.19 bits per heavy atom. The lowest BCUT2D eigenvalue weighted by Gasteiger charge is -2.40. The van der Waals surface area contributed by atoms with Crippen molar-refractivity contribution in [3.05, 3.63) is 35.4 Å². The number of carbonyl (C=O) groups is 4. The molecule has 1 aromatic carbocycles. The third-order valence-corrected chi connectivity index (χ3v) is 7.92. The normalized spacial score (nSPS) is 22.1. The molecule has 0 bridgehead atoms. The van der Waals surface area contributed by atoms with Crippen LogP contribution < -0.4 is 16.0 Å². The second-order valence-corrected chi connectivity index (χ2v) is 10.7. The number of carbonyl (C=O) groups excluding carboxylic acids is 3. The van der Waals surface area contributed by atoms with E-state index < -0.39 is 24.1 Å². The summed E-state index contributed by atoms with van der Waals surface area (Å²) in [5.74, 6) is -0.894. The monoisotopic (exact) mass is 518 g/mol. The summed E-state index contributed by atoms with van der Waals surface area (Å²) in [7, 11) is 0. The molecular weight excluding hydrogens is 480 g/mol. The predicted molar refractivity (Wildman–Crippen MR) is 139 cm³/mol. The molecule has 3 amide bonds. The number of carboxylic acids is 1. The second-order valence-electron chi connectivity index (χ2n) is 9.76. The lowest BCUT2D eigenvalue weighted by molar-refractivity contribution is -0.143. The van der Waals surface area contributed by atoms with Crippen molar-refractivity contribution in [2.45, 2.75) is 76.7 Å². The first-order valence-electron chi connectivity index (χ1n) is 12.7. The number of rotatable bonds is 12. The third-order valence-electron chi connectivity index (χ3n) is 7.28. The summed E-state index contributed by atoms with van der Waals surface area (Å²) in [5.41, 5.74) is 2.19. The van der Waals surface area contributed by atoms with Crippen molar-refractivity contribution in [3.63, 3.8) is 0 Å². The number of hydrogen-bond donors (Lipinski definition) is 4. The van der Waals surface area contributed by atoms with E-state index in [0.29, 0.717) is 44.5 Å². The highest BCUT2D eigenvalue weighted by molar-refractivity contribution is 7.98. The van der Waals surface area contributed by atoms with Gasteiger partial charge in [-0.25, -0.2) is 4.79 Å². The number of hydrogen-bond acceptors (Lipinski definition) is 6. The minimum atomic E-state index is -1.04. The summed E-state index contributed by atoms with van der Waals surface area (Å²) in [6.07, 6.45) is 4.38. The SMILES string of the molecule is CC[C@H](C)[C@@H](CN1Cc2ccccc2C[C@H]1C(=O)N[C@@H](CCSC)C(=O)O)NC(=O)[C@@H]1CCC(=O)N1. The zero-order valence-electron chi connectivity index (χ0n) is 21.3. The molecule has 1 saturated heterocycles. The zero-order valence-corrected chi connectivity index (χ0v) is 22.1. The lowest BCUT2D eigenvalue weighted by Crippen LogP contribution is -2.58. The Bertz CT molecular complexity index is 958. The van der Waals surface area contributed by atoms with Crippen LogP contribution >= 0.6 is 11.8 Å². The van der Waals surface area contributed by atoms with E-state index in [2.05, 4.69) is 34.7 Å². The van der Waals surface area contributed by atoms with Crippen molar-refractivity contribution in [1.82, 2.24) is 20.9 Å². The molecule has 0 aliphatic carbocycles. The van der Waals surface area contributed by atoms with E-state index in [-0.39, 0.29) is 29.7 Å². The molecule has 1 fully saturated rings. The summed E-state index contributed by atoms with van der Waals surface area (Å²) in [5, 5.41) is 18.2. The Hall–Kier alpha value is -2.59. The van der Waals surface area contributed by atoms with E-state index in [1.54, 1.807) is 11.8 Å². The largest absolute Gasteiger partial charge is 0.480 e. The van der Waals surface area contributed by atoms with Gasteiger partial charge < -0.3 is 21.1 Å². The maximum absolute atomic E-state index is 13.4. The van der Waals surface area contributed by atoms with Crippen LogP contribution in [0.2, 0.25) is 0 Å². The molecule has 0 saturated carbocycles. The van der Waals surface area contributed by atoms with E-state index in [9.17, 15) is 24.3 Å². The molecule has 2 aliphatic heterocycles. The first kappa shape index (κ1) is 28.0. The van der Waals surface area contributed by atoms with E-state index in [4.69, 9.17) is 0 Å². The summed E-state index contributed by atoms with van der Waals surface area (Å²) in [6, 6.07) is 5.71. The number of amides is 3. The van der Waals surface area contributed by atoms with Crippen LogP contribution in [0.15, 0.2) is 24.3 Å². The van der Waals surface area contributed by atoms with Crippen molar-refractivity contribution in [1.29, 1.82) is 0 Å². The van der Waals surface area contributed by atoms with Gasteiger partial charge in [0.05, 0.1) is 6.04 Å². The van der Waals surface area contributed by atoms with E-state index >= 15 is 0 Å². The van der Waals surface area contributed by atoms with Crippen molar-refractivity contribution < 1.29 is 24.3 Å². The number of carboxylic acid groups (broad SMARTS) is 1. The molecule has 10 heteroatoms. The Balaban J connectivity index is 1.80. The van der Waals surface area contributed by atoms with Gasteiger partial charge in [-0.15, -0.1) is 0 Å². The van der Waals surface area contributed by atoms with Crippen LogP contribution in [0.5, 0.6) is 0 Å². The van der Waals surface area contributed by atoms with E-state index in [1.165, 1.54) is 0 Å². The first-order chi connectivity index (χ1) is 17.2. The maximum atomic E-state index is 13.4. The van der Waals surface area contributed by atoms with Crippen LogP contribution in [0.3, 0.4) is 0 Å². The van der Waals surface area contributed by atoms with Crippen LogP contribution in [-0.2, 0) is 32.1 Å². The highest BCUT2D eigenvalue weighted by Gasteiger charge is 2.36. The van der Waals surface area contributed by atoms with Gasteiger partial charge in [0.15, 0.2) is 0 Å². The van der Waals surface area contributed by atoms with Gasteiger partial charge in [0, 0.05) is 25.6 Å². The highest BCUT2D eigenvalue weighted by Crippen LogP contribution is 2.25. The van der Waals surface area contributed by atoms with Gasteiger partial charge in [-0.2, -0.15) is 11.8 Å². The average molecular weight is 519 g/mol. The minimum absolute atomic E-state index is 0.117. The van der Waals surface area contributed by atoms with Crippen LogP contribution in [0, 0.1) is 5.92 Å². The van der Waals surface area contributed by atoms with Gasteiger partial charge in [0.1, 0.15) is 12.1 Å². The Kier molecular flexibility index (Phi) is 10.2. The number of thioether (sulfide) groups is 1. The van der Waals surface area contributed by atoms with Crippen molar-refractivity contribution in [3.8, 4) is 0 Å². The molecule has 36 heavy (non-hydrogen) atoms. The van der Waals surface area contributed by atoms with Crippen molar-refractivity contribution in [2.24, 2.45) is 5.92 Å². The molecule has 0 aromatic heterocycles. The van der Waals surface area contributed by atoms with E-state index in [1.807, 2.05) is 30.5 Å². The number of aliphatic carboxylic acids is 1. The van der Waals surface area contributed by atoms with Gasteiger partial charge in [-0.05, 0) is 48.3 Å². The van der Waals surface area contributed by atoms with Gasteiger partial charge in [-0.3, -0.25) is 19.3 Å². The Morgan fingerprint density at radius 2 is 1.92 bits per heavy atom. The molecule has 2 aliphatic rings. The van der Waals surface area contributed by atoms with Gasteiger partial charge in [0.25, 0.3) is 0 Å². The highest BCUT2D eigenvalue weighted by atomic mass is 32.2. The van der Waals surface area contributed by atoms with Crippen LogP contribution in [0.1, 0.15) is 50.7 Å². The van der Waals surface area contributed by atoms with Gasteiger partial charge in [0.2, 0.25) is 17.7 Å². The smallest absolute Gasteiger partial charge is 0.326 e. The second kappa shape index (κ2) is 13.1. The van der Waals surface area contributed by atoms with Crippen LogP contribution in [0.25, 0.3) is 0 Å². The van der Waals surface area contributed by atoms with Gasteiger partial charge >= 0.3 is 5.97 Å². The summed E-state index contributed by atoms with van der Waals surface area (Å²) < 4.78 is 0. The number of nitrogens with one attached hydrogen (secondary N) is 3. The standard InChI is InChI=1S/C26H38N4O5S/c1-4-16(2)21(29-24(32)19-9-10-23(31)27-19)15-30-14-18-8-6-5-7-17(18)13-22(30)25(33)28-20(26(34)35)11-12-36-3/h5-8,16,19-22H,4,9-15H2,1-3H3,(H,27,31)(H,28,33)(H,29,32)(H,34,35)/t16-,19-,20-,21+,22-/m0/s1. The third kappa shape index (κ3) is 7.22. The fraction of sp³-hybridized carbons (Fsp3) is 0.615. The molecule has 0 unspecified atom stereocenters. The molecule has 1 aromatic rings. The molecule has 9 nitrogen and oxygen atoms in total. The fourth-order valence-corrected chi connectivity index (χ4v) is 5.26. The topological polar surface area (TPSA) is 128 Å². The molecule has 4 N–H and O–H groups in total. The van der Waals surface area contributed by atoms with E-state index in [0.717, 1.165) is 17.5 Å². The average Bonchev–Trinajstić information content (AvgIpc) is 3.31. The molecular formula is C26H38N4O5S. The first-order valence-corrected chi connectivity index (χ1v) is 14.1. The molecule has 2 heterocycles. The number of benzene rings is 1. The minimum Gasteiger partial charge on any atom is -0.480 e. The fourth-order valence-electron chi connectivity index (χ4n) is 4.79. The van der Waals surface area contributed by atoms with Crippen LogP contribution in [-0.4, -0.2) is 76.4 Å². The zero-order chi connectivity index (χ0) is 26.2. The Labute approximate surface area is 217 Å². The molecule has 198 valence electrons. The van der Waals surface area contributed by atoms with Crippen molar-refractivity contribution in [2.75, 3.05) is 18.6 Å². The van der Waals surface area contributed by atoms with Crippen molar-refractivity contribution >= 4 is 35.5 Å². The summed E-state index contributed by atoms with van der Waals surface area (Å²) in [6.45, 7) is 5.09. The van der Waals surface area contributed by atoms with Crippen LogP contribution in [0.4, 0.5) is 0 Å². The summed E-state index contributed by atoms with van der Waals surface area (Å²) >= 11 is 1.54. The maximum Gasteiger partial charge on any atom is 0.326 e. The molecule has 0 spiro atoms. The Morgan fingerprint density at radius 3 is 2.53 bits per heavy atom. The molecule has 5 atom stereocenters. The molecule has 3 rings (SSSR count). The predicted octanol–water partition coefficient (Wildman–Crippen LogP) is 1.55. The molecule has 0 radical (unpaired) electrons. The summed E-state index contributed by atoms with van der Waals surface area (Å²) in [4.78, 5) is 51.8. The quantitative estimate of drug-likeness (QED) is 0.331. The van der Waals surface area contributed by atoms with Gasteiger partial charge in [-0.1, -0.05) is 44.5 Å². The number of nitrogens with zero attached hydrogens (tertiary/aromatic N) is 1.